The van der Waals surface area contributed by atoms with Crippen molar-refractivity contribution in [2.45, 2.75) is 45.7 Å². The van der Waals surface area contributed by atoms with E-state index in [2.05, 4.69) is 5.32 Å². The number of ether oxygens (including phenoxy) is 2. The maximum atomic E-state index is 13.3. The summed E-state index contributed by atoms with van der Waals surface area (Å²) < 4.78 is 36.5. The van der Waals surface area contributed by atoms with Crippen molar-refractivity contribution in [2.24, 2.45) is 0 Å². The number of anilines is 1. The Morgan fingerprint density at radius 3 is 2.30 bits per heavy atom. The molecule has 0 spiro atoms. The van der Waals surface area contributed by atoms with Crippen LogP contribution in [0.5, 0.6) is 11.5 Å². The van der Waals surface area contributed by atoms with Crippen molar-refractivity contribution in [3.63, 3.8) is 0 Å². The Morgan fingerprint density at radius 1 is 1.08 bits per heavy atom. The Balaban J connectivity index is 2.18. The van der Waals surface area contributed by atoms with Crippen LogP contribution in [0.15, 0.2) is 42.5 Å². The minimum absolute atomic E-state index is 0.0530. The molecule has 11 heteroatoms. The van der Waals surface area contributed by atoms with E-state index in [1.807, 2.05) is 19.1 Å². The van der Waals surface area contributed by atoms with Crippen molar-refractivity contribution >= 4 is 39.1 Å². The number of amides is 2. The Bertz CT molecular complexity index is 1160. The van der Waals surface area contributed by atoms with Gasteiger partial charge in [0.2, 0.25) is 21.8 Å². The van der Waals surface area contributed by atoms with Crippen LogP contribution in [0.3, 0.4) is 0 Å². The highest BCUT2D eigenvalue weighted by molar-refractivity contribution is 7.92. The molecule has 2 aromatic carbocycles. The fraction of sp³-hybridized carbons (Fsp3) is 0.462. The summed E-state index contributed by atoms with van der Waals surface area (Å²) in [4.78, 5) is 27.5. The number of rotatable bonds is 14. The van der Waals surface area contributed by atoms with E-state index in [1.54, 1.807) is 38.3 Å². The number of methoxy groups -OCH3 is 2. The molecule has 2 aromatic rings. The van der Waals surface area contributed by atoms with Gasteiger partial charge in [-0.1, -0.05) is 30.7 Å². The quantitative estimate of drug-likeness (QED) is 0.381. The third-order valence-corrected chi connectivity index (χ3v) is 7.29. The topological polar surface area (TPSA) is 105 Å². The lowest BCUT2D eigenvalue weighted by molar-refractivity contribution is -0.140. The zero-order valence-corrected chi connectivity index (χ0v) is 23.6. The number of hydrogen-bond acceptors (Lipinski definition) is 6. The summed E-state index contributed by atoms with van der Waals surface area (Å²) in [6.45, 7) is 4.46. The van der Waals surface area contributed by atoms with Crippen LogP contribution in [0.2, 0.25) is 5.02 Å². The summed E-state index contributed by atoms with van der Waals surface area (Å²) in [7, 11) is -0.586. The van der Waals surface area contributed by atoms with Crippen molar-refractivity contribution in [3.8, 4) is 11.5 Å². The van der Waals surface area contributed by atoms with Crippen molar-refractivity contribution in [2.75, 3.05) is 37.9 Å². The number of nitrogens with one attached hydrogen (secondary N) is 1. The lowest BCUT2D eigenvalue weighted by atomic mass is 10.1. The van der Waals surface area contributed by atoms with Gasteiger partial charge >= 0.3 is 0 Å². The molecule has 0 saturated carbocycles. The van der Waals surface area contributed by atoms with Gasteiger partial charge in [0.25, 0.3) is 0 Å². The Kier molecular flexibility index (Phi) is 11.5. The monoisotopic (exact) mass is 553 g/mol. The smallest absolute Gasteiger partial charge is 0.242 e. The predicted octanol–water partition coefficient (Wildman–Crippen LogP) is 3.85. The van der Waals surface area contributed by atoms with Crippen LogP contribution in [0.4, 0.5) is 5.69 Å². The van der Waals surface area contributed by atoms with Gasteiger partial charge in [-0.15, -0.1) is 0 Å². The van der Waals surface area contributed by atoms with Crippen LogP contribution in [-0.4, -0.2) is 64.7 Å². The highest BCUT2D eigenvalue weighted by atomic mass is 35.5. The lowest BCUT2D eigenvalue weighted by Gasteiger charge is -2.29. The Labute approximate surface area is 224 Å². The summed E-state index contributed by atoms with van der Waals surface area (Å²) in [5, 5.41) is 3.12. The zero-order valence-electron chi connectivity index (χ0n) is 22.0. The zero-order chi connectivity index (χ0) is 27.6. The van der Waals surface area contributed by atoms with Gasteiger partial charge in [-0.2, -0.15) is 0 Å². The molecular formula is C26H36ClN3O6S. The van der Waals surface area contributed by atoms with Gasteiger partial charge < -0.3 is 19.7 Å². The first-order valence-corrected chi connectivity index (χ1v) is 14.3. The summed E-state index contributed by atoms with van der Waals surface area (Å²) in [6.07, 6.45) is 2.18. The molecule has 0 aliphatic carbocycles. The van der Waals surface area contributed by atoms with E-state index in [9.17, 15) is 18.0 Å². The van der Waals surface area contributed by atoms with Gasteiger partial charge in [0.05, 0.1) is 31.2 Å². The summed E-state index contributed by atoms with van der Waals surface area (Å²) in [6, 6.07) is 11.3. The van der Waals surface area contributed by atoms with Gasteiger partial charge in [0.1, 0.15) is 17.5 Å². The van der Waals surface area contributed by atoms with Crippen LogP contribution in [0.1, 0.15) is 38.7 Å². The minimum atomic E-state index is -3.63. The number of nitrogens with zero attached hydrogens (tertiary/aromatic N) is 2. The molecule has 0 aromatic heterocycles. The van der Waals surface area contributed by atoms with E-state index in [4.69, 9.17) is 21.1 Å². The average Bonchev–Trinajstić information content (AvgIpc) is 2.87. The predicted molar refractivity (Wildman–Crippen MR) is 146 cm³/mol. The number of carbonyl (C=O) groups is 2. The lowest BCUT2D eigenvalue weighted by Crippen LogP contribution is -2.47. The number of halogens is 1. The van der Waals surface area contributed by atoms with Gasteiger partial charge in [-0.25, -0.2) is 8.42 Å². The highest BCUT2D eigenvalue weighted by Crippen LogP contribution is 2.30. The molecule has 0 fully saturated rings. The molecule has 0 aliphatic rings. The molecule has 204 valence electrons. The molecule has 0 aliphatic heterocycles. The van der Waals surface area contributed by atoms with Crippen LogP contribution < -0.4 is 19.1 Å². The van der Waals surface area contributed by atoms with Gasteiger partial charge in [-0.3, -0.25) is 13.9 Å². The van der Waals surface area contributed by atoms with E-state index in [0.717, 1.165) is 18.2 Å². The second-order valence-corrected chi connectivity index (χ2v) is 10.9. The van der Waals surface area contributed by atoms with Gasteiger partial charge in [-0.05, 0) is 55.7 Å². The molecule has 2 rings (SSSR count). The number of carbonyl (C=O) groups excluding carboxylic acids is 2. The Morgan fingerprint density at radius 2 is 1.76 bits per heavy atom. The van der Waals surface area contributed by atoms with E-state index >= 15 is 0 Å². The molecule has 2 amide bonds. The van der Waals surface area contributed by atoms with Gasteiger partial charge in [0.15, 0.2) is 0 Å². The maximum Gasteiger partial charge on any atom is 0.242 e. The van der Waals surface area contributed by atoms with E-state index in [-0.39, 0.29) is 42.8 Å². The third kappa shape index (κ3) is 8.82. The molecule has 0 radical (unpaired) electrons. The molecule has 9 nitrogen and oxygen atoms in total. The van der Waals surface area contributed by atoms with Crippen LogP contribution in [-0.2, 0) is 26.2 Å². The molecule has 0 heterocycles. The fourth-order valence-corrected chi connectivity index (χ4v) is 4.93. The van der Waals surface area contributed by atoms with E-state index in [0.29, 0.717) is 23.7 Å². The third-order valence-electron chi connectivity index (χ3n) is 5.80. The van der Waals surface area contributed by atoms with Crippen molar-refractivity contribution < 1.29 is 27.5 Å². The second-order valence-electron chi connectivity index (χ2n) is 8.59. The summed E-state index contributed by atoms with van der Waals surface area (Å²) in [5.74, 6) is 0.624. The first-order valence-electron chi connectivity index (χ1n) is 12.0. The average molecular weight is 554 g/mol. The maximum absolute atomic E-state index is 13.3. The standard InChI is InChI=1S/C26H36ClN3O6S/c1-6-15-28-26(32)19(2)29(18-20-9-12-22(35-3)13-10-20)25(31)8-7-16-30(37(5,33)34)21-11-14-24(36-4)23(27)17-21/h9-14,17,19H,6-8,15-16,18H2,1-5H3,(H,28,32)/t19-/m1/s1. The molecule has 1 N–H and O–H groups in total. The fourth-order valence-electron chi connectivity index (χ4n) is 3.72. The first-order chi connectivity index (χ1) is 17.5. The van der Waals surface area contributed by atoms with Crippen LogP contribution >= 0.6 is 11.6 Å². The normalized spacial score (nSPS) is 11.9. The largest absolute Gasteiger partial charge is 0.497 e. The molecule has 0 bridgehead atoms. The number of hydrogen-bond donors (Lipinski definition) is 1. The molecule has 0 saturated heterocycles. The first kappa shape index (κ1) is 30.2. The molecular weight excluding hydrogens is 518 g/mol. The minimum Gasteiger partial charge on any atom is -0.497 e. The van der Waals surface area contributed by atoms with Crippen LogP contribution in [0, 0.1) is 0 Å². The highest BCUT2D eigenvalue weighted by Gasteiger charge is 2.26. The van der Waals surface area contributed by atoms with E-state index < -0.39 is 16.1 Å². The van der Waals surface area contributed by atoms with E-state index in [1.165, 1.54) is 22.4 Å². The number of benzene rings is 2. The second kappa shape index (κ2) is 14.1. The summed E-state index contributed by atoms with van der Waals surface area (Å²) >= 11 is 6.19. The summed E-state index contributed by atoms with van der Waals surface area (Å²) in [5.41, 5.74) is 1.22. The van der Waals surface area contributed by atoms with Crippen molar-refractivity contribution in [3.05, 3.63) is 53.1 Å². The SMILES string of the molecule is CCCNC(=O)[C@@H](C)N(Cc1ccc(OC)cc1)C(=O)CCCN(c1ccc(OC)c(Cl)c1)S(C)(=O)=O. The molecule has 1 atom stereocenters. The molecule has 37 heavy (non-hydrogen) atoms. The number of sulfonamides is 1. The van der Waals surface area contributed by atoms with Crippen LogP contribution in [0.25, 0.3) is 0 Å². The van der Waals surface area contributed by atoms with Crippen molar-refractivity contribution in [1.29, 1.82) is 0 Å². The van der Waals surface area contributed by atoms with Crippen molar-refractivity contribution in [1.82, 2.24) is 10.2 Å². The Hall–Kier alpha value is -2.98. The van der Waals surface area contributed by atoms with Gasteiger partial charge in [0, 0.05) is 26.1 Å². The molecule has 0 unspecified atom stereocenters.